The molecule has 1 aromatic rings. The maximum atomic E-state index is 11.3. The van der Waals surface area contributed by atoms with E-state index in [1.807, 2.05) is 0 Å². The second-order valence-corrected chi connectivity index (χ2v) is 2.97. The molecule has 0 saturated carbocycles. The van der Waals surface area contributed by atoms with Gasteiger partial charge in [0.25, 0.3) is 0 Å². The van der Waals surface area contributed by atoms with Crippen LogP contribution in [0.2, 0.25) is 0 Å². The third-order valence-corrected chi connectivity index (χ3v) is 1.64. The number of hydrogen-bond acceptors (Lipinski definition) is 5. The highest BCUT2D eigenvalue weighted by Gasteiger charge is 2.08. The van der Waals surface area contributed by atoms with Crippen LogP contribution >= 0.6 is 0 Å². The lowest BCUT2D eigenvalue weighted by atomic mass is 10.5. The zero-order valence-electron chi connectivity index (χ0n) is 8.80. The van der Waals surface area contributed by atoms with E-state index in [-0.39, 0.29) is 13.2 Å². The predicted octanol–water partition coefficient (Wildman–Crippen LogP) is -1.38. The van der Waals surface area contributed by atoms with Crippen molar-refractivity contribution in [3.05, 3.63) is 11.9 Å². The first kappa shape index (κ1) is 12.1. The van der Waals surface area contributed by atoms with E-state index in [9.17, 15) is 9.59 Å². The molecule has 0 spiro atoms. The summed E-state index contributed by atoms with van der Waals surface area (Å²) in [6, 6.07) is -0.546. The summed E-state index contributed by atoms with van der Waals surface area (Å²) in [4.78, 5) is 22.2. The third kappa shape index (κ3) is 3.65. The molecule has 3 N–H and O–H groups in total. The quantitative estimate of drug-likeness (QED) is 0.587. The summed E-state index contributed by atoms with van der Waals surface area (Å²) >= 11 is 0. The largest absolute Gasteiger partial charge is 0.390 e. The van der Waals surface area contributed by atoms with E-state index in [0.717, 1.165) is 0 Å². The van der Waals surface area contributed by atoms with Gasteiger partial charge in [-0.25, -0.2) is 9.48 Å². The average Bonchev–Trinajstić information content (AvgIpc) is 2.65. The molecule has 8 nitrogen and oxygen atoms in total. The van der Waals surface area contributed by atoms with Crippen LogP contribution in [0, 0.1) is 0 Å². The Morgan fingerprint density at radius 1 is 1.56 bits per heavy atom. The van der Waals surface area contributed by atoms with Crippen LogP contribution in [0.15, 0.2) is 6.20 Å². The van der Waals surface area contributed by atoms with Crippen LogP contribution in [0.4, 0.5) is 4.79 Å². The van der Waals surface area contributed by atoms with Crippen molar-refractivity contribution < 1.29 is 14.7 Å². The first-order valence-corrected chi connectivity index (χ1v) is 4.73. The van der Waals surface area contributed by atoms with Crippen molar-refractivity contribution >= 4 is 11.9 Å². The fourth-order valence-electron chi connectivity index (χ4n) is 1.01. The topological polar surface area (TPSA) is 109 Å². The van der Waals surface area contributed by atoms with Crippen molar-refractivity contribution in [1.29, 1.82) is 0 Å². The molecule has 0 atom stereocenters. The van der Waals surface area contributed by atoms with Gasteiger partial charge in [0, 0.05) is 6.54 Å². The normalized spacial score (nSPS) is 9.88. The Morgan fingerprint density at radius 3 is 2.88 bits per heavy atom. The molecule has 0 unspecified atom stereocenters. The SMILES string of the molecule is CCNC(=O)NC(=O)Cn1cc(CO)nn1. The molecule has 0 aliphatic carbocycles. The number of carbonyl (C=O) groups excluding carboxylic acids is 2. The fourth-order valence-corrected chi connectivity index (χ4v) is 1.01. The minimum atomic E-state index is -0.546. The Labute approximate surface area is 91.6 Å². The van der Waals surface area contributed by atoms with Crippen LogP contribution < -0.4 is 10.6 Å². The molecule has 16 heavy (non-hydrogen) atoms. The number of nitrogens with zero attached hydrogens (tertiary/aromatic N) is 3. The average molecular weight is 227 g/mol. The molecule has 0 fully saturated rings. The Kier molecular flexibility index (Phi) is 4.40. The number of carbonyl (C=O) groups is 2. The van der Waals surface area contributed by atoms with E-state index in [4.69, 9.17) is 5.11 Å². The fraction of sp³-hybridized carbons (Fsp3) is 0.500. The van der Waals surface area contributed by atoms with Gasteiger partial charge in [0.1, 0.15) is 12.2 Å². The summed E-state index contributed by atoms with van der Waals surface area (Å²) in [6.07, 6.45) is 1.43. The van der Waals surface area contributed by atoms with Crippen molar-refractivity contribution in [2.45, 2.75) is 20.1 Å². The van der Waals surface area contributed by atoms with Crippen LogP contribution in [0.5, 0.6) is 0 Å². The summed E-state index contributed by atoms with van der Waals surface area (Å²) in [5.41, 5.74) is 0.366. The van der Waals surface area contributed by atoms with Gasteiger partial charge in [-0.05, 0) is 6.92 Å². The van der Waals surface area contributed by atoms with Crippen molar-refractivity contribution in [2.24, 2.45) is 0 Å². The van der Waals surface area contributed by atoms with E-state index in [1.54, 1.807) is 6.92 Å². The number of hydrogen-bond donors (Lipinski definition) is 3. The highest BCUT2D eigenvalue weighted by Crippen LogP contribution is 1.91. The predicted molar refractivity (Wildman–Crippen MR) is 53.2 cm³/mol. The number of aliphatic hydroxyl groups is 1. The van der Waals surface area contributed by atoms with Gasteiger partial charge in [-0.2, -0.15) is 0 Å². The van der Waals surface area contributed by atoms with Crippen LogP contribution in [0.1, 0.15) is 12.6 Å². The number of aliphatic hydroxyl groups excluding tert-OH is 1. The van der Waals surface area contributed by atoms with Crippen LogP contribution in [0.25, 0.3) is 0 Å². The zero-order valence-corrected chi connectivity index (χ0v) is 8.80. The minimum absolute atomic E-state index is 0.121. The lowest BCUT2D eigenvalue weighted by Crippen LogP contribution is -2.40. The molecule has 0 saturated heterocycles. The highest BCUT2D eigenvalue weighted by atomic mass is 16.3. The maximum Gasteiger partial charge on any atom is 0.321 e. The van der Waals surface area contributed by atoms with Gasteiger partial charge >= 0.3 is 6.03 Å². The molecular weight excluding hydrogens is 214 g/mol. The Hall–Kier alpha value is -1.96. The minimum Gasteiger partial charge on any atom is -0.390 e. The Balaban J connectivity index is 2.42. The second-order valence-electron chi connectivity index (χ2n) is 2.97. The van der Waals surface area contributed by atoms with E-state index in [2.05, 4.69) is 20.9 Å². The van der Waals surface area contributed by atoms with Crippen molar-refractivity contribution in [3.8, 4) is 0 Å². The molecule has 1 rings (SSSR count). The summed E-state index contributed by atoms with van der Waals surface area (Å²) in [5, 5.41) is 20.4. The highest BCUT2D eigenvalue weighted by molar-refractivity contribution is 5.94. The lowest BCUT2D eigenvalue weighted by molar-refractivity contribution is -0.120. The molecule has 0 bridgehead atoms. The summed E-state index contributed by atoms with van der Waals surface area (Å²) in [7, 11) is 0. The van der Waals surface area contributed by atoms with E-state index < -0.39 is 11.9 Å². The van der Waals surface area contributed by atoms with Crippen LogP contribution in [-0.4, -0.2) is 38.6 Å². The lowest BCUT2D eigenvalue weighted by Gasteiger charge is -2.03. The van der Waals surface area contributed by atoms with E-state index in [0.29, 0.717) is 12.2 Å². The molecule has 0 radical (unpaired) electrons. The number of urea groups is 1. The molecule has 1 aromatic heterocycles. The van der Waals surface area contributed by atoms with E-state index >= 15 is 0 Å². The molecule has 1 heterocycles. The number of rotatable bonds is 4. The molecular formula is C8H13N5O3. The Bertz CT molecular complexity index is 376. The van der Waals surface area contributed by atoms with Crippen LogP contribution in [-0.2, 0) is 17.9 Å². The van der Waals surface area contributed by atoms with Crippen molar-refractivity contribution in [1.82, 2.24) is 25.6 Å². The summed E-state index contributed by atoms with van der Waals surface area (Å²) in [5.74, 6) is -0.500. The van der Waals surface area contributed by atoms with E-state index in [1.165, 1.54) is 10.9 Å². The number of aromatic nitrogens is 3. The standard InChI is InChI=1S/C8H13N5O3/c1-2-9-8(16)10-7(15)4-13-3-6(5-14)11-12-13/h3,14H,2,4-5H2,1H3,(H2,9,10,15,16). The van der Waals surface area contributed by atoms with Crippen LogP contribution in [0.3, 0.4) is 0 Å². The smallest absolute Gasteiger partial charge is 0.321 e. The molecule has 88 valence electrons. The number of amides is 3. The number of imide groups is 1. The third-order valence-electron chi connectivity index (χ3n) is 1.64. The maximum absolute atomic E-state index is 11.3. The van der Waals surface area contributed by atoms with Gasteiger partial charge in [-0.3, -0.25) is 10.1 Å². The zero-order chi connectivity index (χ0) is 12.0. The monoisotopic (exact) mass is 227 g/mol. The van der Waals surface area contributed by atoms with Gasteiger partial charge in [0.05, 0.1) is 12.8 Å². The summed E-state index contributed by atoms with van der Waals surface area (Å²) in [6.45, 7) is 1.83. The van der Waals surface area contributed by atoms with Gasteiger partial charge < -0.3 is 10.4 Å². The van der Waals surface area contributed by atoms with Crippen molar-refractivity contribution in [2.75, 3.05) is 6.54 Å². The molecule has 3 amide bonds. The molecule has 0 aromatic carbocycles. The van der Waals surface area contributed by atoms with Gasteiger partial charge in [0.15, 0.2) is 0 Å². The van der Waals surface area contributed by atoms with Crippen molar-refractivity contribution in [3.63, 3.8) is 0 Å². The first-order valence-electron chi connectivity index (χ1n) is 4.73. The molecule has 0 aliphatic rings. The van der Waals surface area contributed by atoms with Gasteiger partial charge in [-0.15, -0.1) is 5.10 Å². The summed E-state index contributed by atoms with van der Waals surface area (Å²) < 4.78 is 1.24. The number of nitrogens with one attached hydrogen (secondary N) is 2. The van der Waals surface area contributed by atoms with Gasteiger partial charge in [-0.1, -0.05) is 5.21 Å². The molecule has 0 aliphatic heterocycles. The first-order chi connectivity index (χ1) is 7.65. The Morgan fingerprint density at radius 2 is 2.31 bits per heavy atom. The second kappa shape index (κ2) is 5.81. The van der Waals surface area contributed by atoms with Gasteiger partial charge in [0.2, 0.25) is 5.91 Å². The molecule has 8 heteroatoms.